The zero-order valence-corrected chi connectivity index (χ0v) is 32.1. The highest BCUT2D eigenvalue weighted by molar-refractivity contribution is 7.90. The molecule has 274 valence electrons. The molecule has 1 heterocycles. The van der Waals surface area contributed by atoms with Gasteiger partial charge in [-0.1, -0.05) is 140 Å². The third-order valence-corrected chi connectivity index (χ3v) is 10.3. The van der Waals surface area contributed by atoms with Crippen molar-refractivity contribution < 1.29 is 17.9 Å². The zero-order chi connectivity index (χ0) is 34.2. The van der Waals surface area contributed by atoms with Gasteiger partial charge < -0.3 is 9.47 Å². The molecule has 4 nitrogen and oxygen atoms in total. The predicted octanol–water partition coefficient (Wildman–Crippen LogP) is 12.8. The first-order valence-corrected chi connectivity index (χ1v) is 22.0. The molecule has 0 saturated carbocycles. The molecule has 0 bridgehead atoms. The summed E-state index contributed by atoms with van der Waals surface area (Å²) in [5.41, 5.74) is 0. The Labute approximate surface area is 293 Å². The maximum atomic E-state index is 11.8. The average Bonchev–Trinajstić information content (AvgIpc) is 3.05. The van der Waals surface area contributed by atoms with Gasteiger partial charge in [-0.15, -0.1) is 0 Å². The molecule has 1 aliphatic rings. The Morgan fingerprint density at radius 1 is 0.511 bits per heavy atom. The standard InChI is InChI=1S/C42H76O4S/c1-4-6-8-10-12-14-16-18-20-22-24-26-28-30-32-34-36-42(45-38-41(39-46-42)40-47(3,43)44)37-35-33-31-29-27-25-23-21-19-17-15-13-11-9-7-5-2/h12-15,18-21,41H,4-11,16-17,22-40H2,1-3H3/b14-12-,15-13-,20-18-,21-19-. The lowest BCUT2D eigenvalue weighted by Gasteiger charge is -2.40. The minimum Gasteiger partial charge on any atom is -0.350 e. The summed E-state index contributed by atoms with van der Waals surface area (Å²) >= 11 is 0. The molecule has 0 aromatic rings. The van der Waals surface area contributed by atoms with Crippen molar-refractivity contribution in [2.45, 2.75) is 187 Å². The summed E-state index contributed by atoms with van der Waals surface area (Å²) in [5, 5.41) is 0. The lowest BCUT2D eigenvalue weighted by Crippen LogP contribution is -2.45. The smallest absolute Gasteiger partial charge is 0.168 e. The van der Waals surface area contributed by atoms with Gasteiger partial charge in [-0.2, -0.15) is 0 Å². The van der Waals surface area contributed by atoms with Gasteiger partial charge in [0.2, 0.25) is 0 Å². The number of sulfone groups is 1. The number of ether oxygens (including phenoxy) is 2. The van der Waals surface area contributed by atoms with Crippen LogP contribution in [0.15, 0.2) is 48.6 Å². The first-order valence-electron chi connectivity index (χ1n) is 20.0. The van der Waals surface area contributed by atoms with Crippen molar-refractivity contribution in [3.63, 3.8) is 0 Å². The van der Waals surface area contributed by atoms with Crippen LogP contribution in [-0.4, -0.2) is 39.4 Å². The molecule has 1 rings (SSSR count). The quantitative estimate of drug-likeness (QED) is 0.0525. The highest BCUT2D eigenvalue weighted by Crippen LogP contribution is 2.33. The molecule has 0 unspecified atom stereocenters. The molecule has 1 aliphatic heterocycles. The normalized spacial score (nSPS) is 16.1. The van der Waals surface area contributed by atoms with E-state index in [1.807, 2.05) is 0 Å². The van der Waals surface area contributed by atoms with Gasteiger partial charge in [-0.25, -0.2) is 8.42 Å². The van der Waals surface area contributed by atoms with Crippen LogP contribution in [0, 0.1) is 5.92 Å². The topological polar surface area (TPSA) is 52.6 Å². The van der Waals surface area contributed by atoms with E-state index in [2.05, 4.69) is 62.5 Å². The van der Waals surface area contributed by atoms with Crippen LogP contribution in [0.3, 0.4) is 0 Å². The molecular weight excluding hydrogens is 601 g/mol. The van der Waals surface area contributed by atoms with Gasteiger partial charge in [-0.3, -0.25) is 0 Å². The number of hydrogen-bond donors (Lipinski definition) is 0. The van der Waals surface area contributed by atoms with E-state index in [0.29, 0.717) is 13.2 Å². The fourth-order valence-electron chi connectivity index (χ4n) is 6.33. The Bertz CT molecular complexity index is 859. The number of rotatable bonds is 32. The Balaban J connectivity index is 2.21. The second-order valence-corrected chi connectivity index (χ2v) is 16.3. The van der Waals surface area contributed by atoms with Gasteiger partial charge in [0.15, 0.2) is 5.79 Å². The summed E-state index contributed by atoms with van der Waals surface area (Å²) in [5.74, 6) is -0.415. The Kier molecular flexibility index (Phi) is 28.8. The largest absolute Gasteiger partial charge is 0.350 e. The minimum atomic E-state index is -3.02. The van der Waals surface area contributed by atoms with Crippen LogP contribution >= 0.6 is 0 Å². The first kappa shape index (κ1) is 43.9. The summed E-state index contributed by atoms with van der Waals surface area (Å²) in [6, 6.07) is 0. The summed E-state index contributed by atoms with van der Waals surface area (Å²) in [6.07, 6.45) is 51.6. The van der Waals surface area contributed by atoms with Gasteiger partial charge in [0.1, 0.15) is 9.84 Å². The highest BCUT2D eigenvalue weighted by Gasteiger charge is 2.37. The second kappa shape index (κ2) is 30.9. The van der Waals surface area contributed by atoms with Crippen molar-refractivity contribution in [1.82, 2.24) is 0 Å². The maximum absolute atomic E-state index is 11.8. The van der Waals surface area contributed by atoms with E-state index in [1.54, 1.807) is 0 Å². The van der Waals surface area contributed by atoms with E-state index in [9.17, 15) is 8.42 Å². The van der Waals surface area contributed by atoms with Crippen molar-refractivity contribution in [2.75, 3.05) is 25.2 Å². The number of hydrogen-bond acceptors (Lipinski definition) is 4. The molecular formula is C42H76O4S. The molecule has 0 radical (unpaired) electrons. The predicted molar refractivity (Wildman–Crippen MR) is 206 cm³/mol. The molecule has 0 aromatic carbocycles. The fourth-order valence-corrected chi connectivity index (χ4v) is 7.38. The molecule has 1 fully saturated rings. The number of allylic oxidation sites excluding steroid dienone is 8. The van der Waals surface area contributed by atoms with E-state index < -0.39 is 15.6 Å². The summed E-state index contributed by atoms with van der Waals surface area (Å²) in [6.45, 7) is 5.50. The minimum absolute atomic E-state index is 0.0511. The molecule has 1 saturated heterocycles. The van der Waals surface area contributed by atoms with Crippen molar-refractivity contribution in [3.8, 4) is 0 Å². The first-order chi connectivity index (χ1) is 22.9. The van der Waals surface area contributed by atoms with E-state index in [4.69, 9.17) is 9.47 Å². The van der Waals surface area contributed by atoms with Gasteiger partial charge in [0.05, 0.1) is 19.0 Å². The summed E-state index contributed by atoms with van der Waals surface area (Å²) < 4.78 is 36.3. The zero-order valence-electron chi connectivity index (χ0n) is 31.2. The molecule has 5 heteroatoms. The summed E-state index contributed by atoms with van der Waals surface area (Å²) in [7, 11) is -3.02. The lowest BCUT2D eigenvalue weighted by atomic mass is 9.97. The van der Waals surface area contributed by atoms with E-state index in [1.165, 1.54) is 135 Å². The summed E-state index contributed by atoms with van der Waals surface area (Å²) in [4.78, 5) is 0. The average molecular weight is 677 g/mol. The van der Waals surface area contributed by atoms with Crippen molar-refractivity contribution in [2.24, 2.45) is 5.92 Å². The third kappa shape index (κ3) is 28.4. The van der Waals surface area contributed by atoms with Crippen LogP contribution in [0.25, 0.3) is 0 Å². The highest BCUT2D eigenvalue weighted by atomic mass is 32.2. The monoisotopic (exact) mass is 677 g/mol. The number of unbranched alkanes of at least 4 members (excludes halogenated alkanes) is 18. The van der Waals surface area contributed by atoms with Gasteiger partial charge in [0, 0.05) is 25.0 Å². The third-order valence-electron chi connectivity index (χ3n) is 9.22. The maximum Gasteiger partial charge on any atom is 0.168 e. The SMILES string of the molecule is CCCCC/C=C\C/C=C\CCCCCCCCC1(CCCCCCCC/C=C\C/C=C\CCCCC)OCC(CS(C)(=O)=O)CO1. The molecule has 47 heavy (non-hydrogen) atoms. The van der Waals surface area contributed by atoms with E-state index in [-0.39, 0.29) is 11.7 Å². The van der Waals surface area contributed by atoms with Crippen LogP contribution in [0.1, 0.15) is 181 Å². The fraction of sp³-hybridized carbons (Fsp3) is 0.810. The van der Waals surface area contributed by atoms with Crippen LogP contribution in [0.4, 0.5) is 0 Å². The van der Waals surface area contributed by atoms with Gasteiger partial charge in [0.25, 0.3) is 0 Å². The van der Waals surface area contributed by atoms with Crippen molar-refractivity contribution in [3.05, 3.63) is 48.6 Å². The van der Waals surface area contributed by atoms with Crippen LogP contribution in [0.2, 0.25) is 0 Å². The van der Waals surface area contributed by atoms with Crippen LogP contribution in [0.5, 0.6) is 0 Å². The van der Waals surface area contributed by atoms with E-state index >= 15 is 0 Å². The Morgan fingerprint density at radius 3 is 1.21 bits per heavy atom. The van der Waals surface area contributed by atoms with Gasteiger partial charge in [-0.05, 0) is 77.0 Å². The molecule has 0 aliphatic carbocycles. The molecule has 0 spiro atoms. The van der Waals surface area contributed by atoms with Gasteiger partial charge >= 0.3 is 0 Å². The van der Waals surface area contributed by atoms with Crippen LogP contribution in [-0.2, 0) is 19.3 Å². The van der Waals surface area contributed by atoms with E-state index in [0.717, 1.165) is 38.5 Å². The lowest BCUT2D eigenvalue weighted by molar-refractivity contribution is -0.287. The molecule has 0 N–H and O–H groups in total. The van der Waals surface area contributed by atoms with Crippen molar-refractivity contribution >= 4 is 9.84 Å². The molecule has 0 atom stereocenters. The van der Waals surface area contributed by atoms with Crippen molar-refractivity contribution in [1.29, 1.82) is 0 Å². The van der Waals surface area contributed by atoms with Crippen LogP contribution < -0.4 is 0 Å². The Morgan fingerprint density at radius 2 is 0.851 bits per heavy atom. The molecule has 0 aromatic heterocycles. The Hall–Kier alpha value is -1.17. The second-order valence-electron chi connectivity index (χ2n) is 14.2. The molecule has 0 amide bonds.